The van der Waals surface area contributed by atoms with Crippen molar-refractivity contribution < 1.29 is 4.74 Å². The number of pyridine rings is 1. The van der Waals surface area contributed by atoms with Crippen LogP contribution in [0, 0.1) is 6.92 Å². The number of aryl methyl sites for hydroxylation is 1. The van der Waals surface area contributed by atoms with Gasteiger partial charge in [-0.2, -0.15) is 0 Å². The number of ether oxygens (including phenoxy) is 1. The minimum Gasteiger partial charge on any atom is -0.490 e. The third-order valence-electron chi connectivity index (χ3n) is 4.70. The van der Waals surface area contributed by atoms with Gasteiger partial charge >= 0.3 is 0 Å². The van der Waals surface area contributed by atoms with Crippen molar-refractivity contribution in [3.63, 3.8) is 0 Å². The van der Waals surface area contributed by atoms with Gasteiger partial charge in [0.25, 0.3) is 0 Å². The number of aromatic nitrogens is 1. The normalized spacial score (nSPS) is 15.5. The summed E-state index contributed by atoms with van der Waals surface area (Å²) in [5.41, 5.74) is 3.64. The fourth-order valence-corrected chi connectivity index (χ4v) is 3.36. The van der Waals surface area contributed by atoms with Gasteiger partial charge in [-0.3, -0.25) is 4.98 Å². The summed E-state index contributed by atoms with van der Waals surface area (Å²) in [6.45, 7) is 4.17. The summed E-state index contributed by atoms with van der Waals surface area (Å²) in [7, 11) is 0. The van der Waals surface area contributed by atoms with Crippen LogP contribution < -0.4 is 10.1 Å². The molecule has 0 saturated carbocycles. The number of piperidine rings is 1. The smallest absolute Gasteiger partial charge is 0.128 e. The van der Waals surface area contributed by atoms with Crippen LogP contribution in [0.4, 0.5) is 0 Å². The van der Waals surface area contributed by atoms with Crippen LogP contribution in [0.15, 0.2) is 54.9 Å². The molecule has 1 saturated heterocycles. The Morgan fingerprint density at radius 2 is 1.79 bits per heavy atom. The van der Waals surface area contributed by atoms with Crippen molar-refractivity contribution in [1.29, 1.82) is 0 Å². The monoisotopic (exact) mass is 318 g/mol. The number of hydrogen-bond acceptors (Lipinski definition) is 3. The Bertz CT molecular complexity index is 836. The molecule has 3 heteroatoms. The number of rotatable bonds is 3. The van der Waals surface area contributed by atoms with Gasteiger partial charge in [0.15, 0.2) is 0 Å². The second-order valence-corrected chi connectivity index (χ2v) is 6.47. The van der Waals surface area contributed by atoms with Crippen LogP contribution in [-0.4, -0.2) is 24.2 Å². The maximum Gasteiger partial charge on any atom is 0.128 e. The highest BCUT2D eigenvalue weighted by molar-refractivity contribution is 5.99. The Labute approximate surface area is 142 Å². The average Bonchev–Trinajstić information content (AvgIpc) is 2.63. The highest BCUT2D eigenvalue weighted by Crippen LogP contribution is 2.38. The lowest BCUT2D eigenvalue weighted by Crippen LogP contribution is -2.34. The number of benzene rings is 2. The summed E-state index contributed by atoms with van der Waals surface area (Å²) in [5, 5.41) is 5.73. The molecule has 4 rings (SSSR count). The molecule has 24 heavy (non-hydrogen) atoms. The predicted molar refractivity (Wildman–Crippen MR) is 98.4 cm³/mol. The molecule has 0 radical (unpaired) electrons. The molecule has 1 aliphatic heterocycles. The van der Waals surface area contributed by atoms with Gasteiger partial charge in [-0.05, 0) is 62.0 Å². The number of nitrogens with one attached hydrogen (secondary N) is 1. The summed E-state index contributed by atoms with van der Waals surface area (Å²) >= 11 is 0. The van der Waals surface area contributed by atoms with E-state index in [-0.39, 0.29) is 6.10 Å². The number of fused-ring (bicyclic) bond motifs is 1. The van der Waals surface area contributed by atoms with Gasteiger partial charge in [-0.1, -0.05) is 29.8 Å². The Hall–Kier alpha value is -2.39. The van der Waals surface area contributed by atoms with Crippen LogP contribution in [0.2, 0.25) is 0 Å². The molecule has 0 amide bonds. The van der Waals surface area contributed by atoms with Crippen LogP contribution in [0.1, 0.15) is 18.4 Å². The van der Waals surface area contributed by atoms with Gasteiger partial charge in [0.2, 0.25) is 0 Å². The van der Waals surface area contributed by atoms with E-state index >= 15 is 0 Å². The van der Waals surface area contributed by atoms with E-state index in [1.54, 1.807) is 0 Å². The first-order valence-electron chi connectivity index (χ1n) is 8.62. The summed E-state index contributed by atoms with van der Waals surface area (Å²) < 4.78 is 6.42. The van der Waals surface area contributed by atoms with E-state index in [9.17, 15) is 0 Å². The van der Waals surface area contributed by atoms with Crippen LogP contribution in [-0.2, 0) is 0 Å². The molecule has 2 aromatic carbocycles. The molecule has 1 N–H and O–H groups in total. The first-order valence-corrected chi connectivity index (χ1v) is 8.62. The van der Waals surface area contributed by atoms with E-state index in [1.165, 1.54) is 22.1 Å². The Kier molecular flexibility index (Phi) is 4.18. The zero-order chi connectivity index (χ0) is 16.4. The molecule has 1 aliphatic rings. The molecule has 3 nitrogen and oxygen atoms in total. The quantitative estimate of drug-likeness (QED) is 0.780. The molecule has 122 valence electrons. The molecule has 2 heterocycles. The van der Waals surface area contributed by atoms with Gasteiger partial charge < -0.3 is 10.1 Å². The van der Waals surface area contributed by atoms with Crippen molar-refractivity contribution >= 4 is 10.8 Å². The maximum atomic E-state index is 6.42. The molecule has 1 aromatic heterocycles. The molecule has 3 aromatic rings. The van der Waals surface area contributed by atoms with Crippen molar-refractivity contribution in [3.8, 4) is 16.9 Å². The molecule has 0 unspecified atom stereocenters. The van der Waals surface area contributed by atoms with E-state index in [1.807, 2.05) is 12.4 Å². The summed E-state index contributed by atoms with van der Waals surface area (Å²) in [6, 6.07) is 15.0. The second-order valence-electron chi connectivity index (χ2n) is 6.47. The van der Waals surface area contributed by atoms with Crippen molar-refractivity contribution in [2.24, 2.45) is 0 Å². The lowest BCUT2D eigenvalue weighted by atomic mass is 9.97. The highest BCUT2D eigenvalue weighted by Gasteiger charge is 2.18. The second kappa shape index (κ2) is 6.62. The summed E-state index contributed by atoms with van der Waals surface area (Å²) in [5.74, 6) is 0.976. The van der Waals surface area contributed by atoms with Crippen LogP contribution >= 0.6 is 0 Å². The Balaban J connectivity index is 1.82. The molecule has 0 spiro atoms. The molecule has 0 aliphatic carbocycles. The fourth-order valence-electron chi connectivity index (χ4n) is 3.36. The van der Waals surface area contributed by atoms with Gasteiger partial charge in [0.1, 0.15) is 11.9 Å². The van der Waals surface area contributed by atoms with Gasteiger partial charge in [-0.25, -0.2) is 0 Å². The Morgan fingerprint density at radius 3 is 2.58 bits per heavy atom. The zero-order valence-electron chi connectivity index (χ0n) is 14.0. The van der Waals surface area contributed by atoms with Crippen LogP contribution in [0.5, 0.6) is 5.75 Å². The summed E-state index contributed by atoms with van der Waals surface area (Å²) in [6.07, 6.45) is 6.17. The number of nitrogens with zero attached hydrogens (tertiary/aromatic N) is 1. The Morgan fingerprint density at radius 1 is 1.00 bits per heavy atom. The minimum absolute atomic E-state index is 0.287. The van der Waals surface area contributed by atoms with Crippen LogP contribution in [0.25, 0.3) is 21.9 Å². The highest BCUT2D eigenvalue weighted by atomic mass is 16.5. The first-order chi connectivity index (χ1) is 11.8. The fraction of sp³-hybridized carbons (Fsp3) is 0.286. The molecular weight excluding hydrogens is 296 g/mol. The minimum atomic E-state index is 0.287. The molecular formula is C21H22N2O. The maximum absolute atomic E-state index is 6.42. The van der Waals surface area contributed by atoms with Crippen LogP contribution in [0.3, 0.4) is 0 Å². The largest absolute Gasteiger partial charge is 0.490 e. The standard InChI is InChI=1S/C21H22N2O/c1-15-2-4-16(5-3-15)21-19-10-13-23-14-17(19)6-7-20(21)24-18-8-11-22-12-9-18/h2-7,10,13-14,18,22H,8-9,11-12H2,1H3. The predicted octanol–water partition coefficient (Wildman–Crippen LogP) is 4.34. The van der Waals surface area contributed by atoms with Crippen molar-refractivity contribution in [3.05, 3.63) is 60.4 Å². The lowest BCUT2D eigenvalue weighted by Gasteiger charge is -2.25. The SMILES string of the molecule is Cc1ccc(-c2c(OC3CCNCC3)ccc3cnccc23)cc1. The van der Waals surface area contributed by atoms with E-state index < -0.39 is 0 Å². The summed E-state index contributed by atoms with van der Waals surface area (Å²) in [4.78, 5) is 4.26. The molecule has 0 atom stereocenters. The average molecular weight is 318 g/mol. The van der Waals surface area contributed by atoms with Gasteiger partial charge in [-0.15, -0.1) is 0 Å². The van der Waals surface area contributed by atoms with E-state index in [2.05, 4.69) is 59.7 Å². The van der Waals surface area contributed by atoms with Crippen molar-refractivity contribution in [1.82, 2.24) is 10.3 Å². The number of hydrogen-bond donors (Lipinski definition) is 1. The van der Waals surface area contributed by atoms with Crippen molar-refractivity contribution in [2.45, 2.75) is 25.9 Å². The first kappa shape index (κ1) is 15.2. The van der Waals surface area contributed by atoms with E-state index in [4.69, 9.17) is 4.74 Å². The van der Waals surface area contributed by atoms with Crippen molar-refractivity contribution in [2.75, 3.05) is 13.1 Å². The van der Waals surface area contributed by atoms with Gasteiger partial charge in [0.05, 0.1) is 0 Å². The lowest BCUT2D eigenvalue weighted by molar-refractivity contribution is 0.163. The third-order valence-corrected chi connectivity index (χ3v) is 4.70. The van der Waals surface area contributed by atoms with E-state index in [0.717, 1.165) is 37.1 Å². The third kappa shape index (κ3) is 3.00. The molecule has 1 fully saturated rings. The molecule has 0 bridgehead atoms. The topological polar surface area (TPSA) is 34.1 Å². The van der Waals surface area contributed by atoms with E-state index in [0.29, 0.717) is 0 Å². The zero-order valence-corrected chi connectivity index (χ0v) is 14.0. The van der Waals surface area contributed by atoms with Gasteiger partial charge in [0, 0.05) is 23.3 Å².